The van der Waals surface area contributed by atoms with Crippen LogP contribution in [0, 0.1) is 10.1 Å². The molecule has 0 aliphatic carbocycles. The summed E-state index contributed by atoms with van der Waals surface area (Å²) in [6.07, 6.45) is 0. The molecule has 1 fully saturated rings. The molecule has 0 saturated carbocycles. The van der Waals surface area contributed by atoms with Crippen LogP contribution in [0.2, 0.25) is 5.02 Å². The average molecular weight is 447 g/mol. The van der Waals surface area contributed by atoms with E-state index in [2.05, 4.69) is 0 Å². The molecule has 1 atom stereocenters. The minimum atomic E-state index is -0.964. The topological polar surface area (TPSA) is 130 Å². The first-order valence-corrected chi connectivity index (χ1v) is 9.70. The lowest BCUT2D eigenvalue weighted by Gasteiger charge is -2.25. The van der Waals surface area contributed by atoms with Crippen molar-refractivity contribution in [3.05, 3.63) is 80.4 Å². The summed E-state index contributed by atoms with van der Waals surface area (Å²) in [4.78, 5) is 37.2. The van der Waals surface area contributed by atoms with Crippen molar-refractivity contribution in [3.8, 4) is 0 Å². The molecular formula is C21H19ClN2O7. The van der Waals surface area contributed by atoms with E-state index in [0.29, 0.717) is 16.1 Å². The van der Waals surface area contributed by atoms with E-state index in [1.807, 2.05) is 0 Å². The molecule has 162 valence electrons. The van der Waals surface area contributed by atoms with Crippen LogP contribution in [0.3, 0.4) is 0 Å². The molecule has 1 aliphatic heterocycles. The number of aliphatic hydroxyl groups is 2. The number of amides is 1. The molecule has 0 radical (unpaired) electrons. The number of nitrogens with zero attached hydrogens (tertiary/aromatic N) is 2. The van der Waals surface area contributed by atoms with Gasteiger partial charge in [-0.25, -0.2) is 0 Å². The number of Topliss-reactive ketones (excluding diaryl/α,β-unsaturated/α-hetero) is 1. The molecule has 1 saturated heterocycles. The summed E-state index contributed by atoms with van der Waals surface area (Å²) in [7, 11) is 0. The Morgan fingerprint density at radius 1 is 1.10 bits per heavy atom. The van der Waals surface area contributed by atoms with Crippen molar-refractivity contribution >= 4 is 34.7 Å². The average Bonchev–Trinajstić information content (AvgIpc) is 3.01. The summed E-state index contributed by atoms with van der Waals surface area (Å²) in [5.41, 5.74) is 0.432. The number of nitro groups is 1. The van der Waals surface area contributed by atoms with Crippen LogP contribution in [0.25, 0.3) is 5.76 Å². The van der Waals surface area contributed by atoms with Gasteiger partial charge in [-0.2, -0.15) is 0 Å². The van der Waals surface area contributed by atoms with Crippen LogP contribution < -0.4 is 0 Å². The monoisotopic (exact) mass is 446 g/mol. The first kappa shape index (κ1) is 22.4. The number of benzene rings is 2. The Balaban J connectivity index is 2.07. The van der Waals surface area contributed by atoms with E-state index in [1.54, 1.807) is 0 Å². The number of aliphatic hydroxyl groups excluding tert-OH is 2. The van der Waals surface area contributed by atoms with Crippen LogP contribution in [0.15, 0.2) is 54.1 Å². The second-order valence-electron chi connectivity index (χ2n) is 6.68. The number of non-ortho nitro benzene ring substituents is 1. The first-order valence-electron chi connectivity index (χ1n) is 9.32. The molecule has 3 rings (SSSR count). The standard InChI is InChI=1S/C21H19ClN2O7/c22-15-5-1-14(2-6-15)19(26)17-18(13-3-7-16(8-4-13)24(29)30)23(21(28)20(17)27)9-11-31-12-10-25/h1-8,18,25-26H,9-12H2/b19-17+. The molecule has 0 bridgehead atoms. The minimum Gasteiger partial charge on any atom is -0.507 e. The maximum Gasteiger partial charge on any atom is 0.295 e. The van der Waals surface area contributed by atoms with Gasteiger partial charge in [0.05, 0.1) is 36.4 Å². The predicted molar refractivity (Wildman–Crippen MR) is 111 cm³/mol. The lowest BCUT2D eigenvalue weighted by Crippen LogP contribution is -2.33. The number of ketones is 1. The van der Waals surface area contributed by atoms with Crippen molar-refractivity contribution in [2.75, 3.05) is 26.4 Å². The minimum absolute atomic E-state index is 0.0175. The van der Waals surface area contributed by atoms with Crippen LogP contribution >= 0.6 is 11.6 Å². The van der Waals surface area contributed by atoms with Gasteiger partial charge >= 0.3 is 0 Å². The van der Waals surface area contributed by atoms with E-state index in [-0.39, 0.29) is 43.4 Å². The fourth-order valence-corrected chi connectivity index (χ4v) is 3.45. The molecule has 0 aromatic heterocycles. The second-order valence-corrected chi connectivity index (χ2v) is 7.12. The van der Waals surface area contributed by atoms with Crippen LogP contribution in [-0.2, 0) is 14.3 Å². The molecule has 0 spiro atoms. The van der Waals surface area contributed by atoms with Gasteiger partial charge < -0.3 is 19.8 Å². The van der Waals surface area contributed by atoms with Crippen LogP contribution in [0.1, 0.15) is 17.2 Å². The number of hydrogen-bond acceptors (Lipinski definition) is 7. The third kappa shape index (κ3) is 4.74. The molecule has 31 heavy (non-hydrogen) atoms. The number of likely N-dealkylation sites (tertiary alicyclic amines) is 1. The third-order valence-electron chi connectivity index (χ3n) is 4.79. The lowest BCUT2D eigenvalue weighted by molar-refractivity contribution is -0.384. The molecular weight excluding hydrogens is 428 g/mol. The molecule has 2 N–H and O–H groups in total. The van der Waals surface area contributed by atoms with Gasteiger partial charge in [0.1, 0.15) is 5.76 Å². The van der Waals surface area contributed by atoms with Crippen LogP contribution in [0.5, 0.6) is 0 Å². The Labute approximate surface area is 182 Å². The van der Waals surface area contributed by atoms with Crippen molar-refractivity contribution in [3.63, 3.8) is 0 Å². The van der Waals surface area contributed by atoms with Gasteiger partial charge in [-0.1, -0.05) is 11.6 Å². The zero-order valence-electron chi connectivity index (χ0n) is 16.2. The van der Waals surface area contributed by atoms with E-state index < -0.39 is 22.7 Å². The number of hydrogen-bond donors (Lipinski definition) is 2. The first-order chi connectivity index (χ1) is 14.8. The Kier molecular flexibility index (Phi) is 7.01. The molecule has 1 aliphatic rings. The molecule has 2 aromatic carbocycles. The van der Waals surface area contributed by atoms with Gasteiger partial charge in [-0.3, -0.25) is 19.7 Å². The van der Waals surface area contributed by atoms with Crippen LogP contribution in [0.4, 0.5) is 5.69 Å². The summed E-state index contributed by atoms with van der Waals surface area (Å²) in [6, 6.07) is 10.5. The van der Waals surface area contributed by atoms with Gasteiger partial charge in [-0.15, -0.1) is 0 Å². The number of carbonyl (C=O) groups is 2. The highest BCUT2D eigenvalue weighted by Gasteiger charge is 2.46. The smallest absolute Gasteiger partial charge is 0.295 e. The Morgan fingerprint density at radius 2 is 1.74 bits per heavy atom. The molecule has 1 heterocycles. The number of rotatable bonds is 8. The van der Waals surface area contributed by atoms with E-state index in [4.69, 9.17) is 21.4 Å². The van der Waals surface area contributed by atoms with Crippen molar-refractivity contribution in [2.24, 2.45) is 0 Å². The predicted octanol–water partition coefficient (Wildman–Crippen LogP) is 2.68. The second kappa shape index (κ2) is 9.69. The van der Waals surface area contributed by atoms with Crippen molar-refractivity contribution in [1.29, 1.82) is 0 Å². The number of ether oxygens (including phenoxy) is 1. The molecule has 10 heteroatoms. The van der Waals surface area contributed by atoms with Gasteiger partial charge in [0.2, 0.25) is 0 Å². The van der Waals surface area contributed by atoms with Crippen molar-refractivity contribution in [1.82, 2.24) is 4.90 Å². The molecule has 1 unspecified atom stereocenters. The fraction of sp³-hybridized carbons (Fsp3) is 0.238. The third-order valence-corrected chi connectivity index (χ3v) is 5.04. The summed E-state index contributed by atoms with van der Waals surface area (Å²) in [5, 5.41) is 31.1. The van der Waals surface area contributed by atoms with E-state index in [1.165, 1.54) is 53.4 Å². The lowest BCUT2D eigenvalue weighted by atomic mass is 9.95. The molecule has 9 nitrogen and oxygen atoms in total. The molecule has 2 aromatic rings. The highest BCUT2D eigenvalue weighted by molar-refractivity contribution is 6.46. The zero-order chi connectivity index (χ0) is 22.5. The maximum atomic E-state index is 12.8. The van der Waals surface area contributed by atoms with Crippen LogP contribution in [-0.4, -0.2) is 58.1 Å². The van der Waals surface area contributed by atoms with Gasteiger partial charge in [0, 0.05) is 29.3 Å². The summed E-state index contributed by atoms with van der Waals surface area (Å²) < 4.78 is 5.22. The highest BCUT2D eigenvalue weighted by atomic mass is 35.5. The quantitative estimate of drug-likeness (QED) is 0.159. The van der Waals surface area contributed by atoms with E-state index in [9.17, 15) is 24.8 Å². The molecule has 1 amide bonds. The van der Waals surface area contributed by atoms with Crippen molar-refractivity contribution in [2.45, 2.75) is 6.04 Å². The van der Waals surface area contributed by atoms with Gasteiger partial charge in [0.25, 0.3) is 17.4 Å². The van der Waals surface area contributed by atoms with E-state index >= 15 is 0 Å². The normalized spacial score (nSPS) is 17.9. The SMILES string of the molecule is O=C1C(=O)N(CCOCCO)C(c2ccc([N+](=O)[O-])cc2)/C1=C(\O)c1ccc(Cl)cc1. The van der Waals surface area contributed by atoms with Gasteiger partial charge in [0.15, 0.2) is 0 Å². The zero-order valence-corrected chi connectivity index (χ0v) is 17.0. The maximum absolute atomic E-state index is 12.8. The summed E-state index contributed by atoms with van der Waals surface area (Å²) >= 11 is 5.89. The number of nitro benzene ring substituents is 1. The van der Waals surface area contributed by atoms with Gasteiger partial charge in [-0.05, 0) is 42.0 Å². The summed E-state index contributed by atoms with van der Waals surface area (Å²) in [6.45, 7) is -0.0558. The highest BCUT2D eigenvalue weighted by Crippen LogP contribution is 2.39. The Morgan fingerprint density at radius 3 is 2.32 bits per heavy atom. The Bertz CT molecular complexity index is 1020. The largest absolute Gasteiger partial charge is 0.507 e. The fourth-order valence-electron chi connectivity index (χ4n) is 3.33. The number of carbonyl (C=O) groups excluding carboxylic acids is 2. The van der Waals surface area contributed by atoms with E-state index in [0.717, 1.165) is 0 Å². The summed E-state index contributed by atoms with van der Waals surface area (Å²) in [5.74, 6) is -2.08. The van der Waals surface area contributed by atoms with Crippen molar-refractivity contribution < 1.29 is 29.5 Å². The Hall–Kier alpha value is -3.27. The number of halogens is 1.